The van der Waals surface area contributed by atoms with Gasteiger partial charge in [0.25, 0.3) is 0 Å². The van der Waals surface area contributed by atoms with Gasteiger partial charge in [0.15, 0.2) is 5.78 Å². The van der Waals surface area contributed by atoms with Crippen LogP contribution in [0.1, 0.15) is 13.8 Å². The molecule has 14 heavy (non-hydrogen) atoms. The summed E-state index contributed by atoms with van der Waals surface area (Å²) in [4.78, 5) is 13.7. The molecule has 0 spiro atoms. The molecule has 1 atom stereocenters. The predicted molar refractivity (Wildman–Crippen MR) is 53.3 cm³/mol. The summed E-state index contributed by atoms with van der Waals surface area (Å²) in [6, 6.07) is 0. The molecule has 4 nitrogen and oxygen atoms in total. The molecule has 0 saturated carbocycles. The fourth-order valence-electron chi connectivity index (χ4n) is 1.31. The van der Waals surface area contributed by atoms with Gasteiger partial charge in [-0.05, 0) is 20.9 Å². The zero-order valence-corrected chi connectivity index (χ0v) is 9.16. The molecule has 0 amide bonds. The van der Waals surface area contributed by atoms with Gasteiger partial charge in [-0.1, -0.05) is 0 Å². The van der Waals surface area contributed by atoms with Crippen LogP contribution in [0.25, 0.3) is 0 Å². The largest absolute Gasteiger partial charge is 0.371 e. The number of nitrogens with zero attached hydrogens (tertiary/aromatic N) is 1. The van der Waals surface area contributed by atoms with Gasteiger partial charge in [0.2, 0.25) is 0 Å². The maximum atomic E-state index is 11.6. The molecule has 1 aliphatic heterocycles. The van der Waals surface area contributed by atoms with E-state index in [2.05, 4.69) is 4.90 Å². The second-order valence-electron chi connectivity index (χ2n) is 3.95. The first kappa shape index (κ1) is 11.6. The van der Waals surface area contributed by atoms with Crippen molar-refractivity contribution in [1.29, 1.82) is 0 Å². The van der Waals surface area contributed by atoms with Crippen LogP contribution in [-0.4, -0.2) is 56.2 Å². The van der Waals surface area contributed by atoms with Crippen LogP contribution in [0.5, 0.6) is 0 Å². The smallest absolute Gasteiger partial charge is 0.188 e. The molecule has 82 valence electrons. The monoisotopic (exact) mass is 201 g/mol. The summed E-state index contributed by atoms with van der Waals surface area (Å²) in [6.07, 6.45) is -0.201. The molecule has 0 aromatic rings. The number of morpholine rings is 1. The van der Waals surface area contributed by atoms with E-state index in [1.54, 1.807) is 0 Å². The maximum absolute atomic E-state index is 11.6. The Hall–Kier alpha value is -0.450. The quantitative estimate of drug-likeness (QED) is 0.656. The standard InChI is InChI=1S/C10H19NO3/c1-8(2)14-7-9(12)10-6-11(3)4-5-13-10/h8,10H,4-7H2,1-3H3. The molecule has 0 aromatic heterocycles. The van der Waals surface area contributed by atoms with Crippen molar-refractivity contribution in [2.75, 3.05) is 33.4 Å². The number of likely N-dealkylation sites (N-methyl/N-ethyl adjacent to an activating group) is 1. The molecule has 1 saturated heterocycles. The Morgan fingerprint density at radius 2 is 2.36 bits per heavy atom. The average molecular weight is 201 g/mol. The second kappa shape index (κ2) is 5.44. The minimum absolute atomic E-state index is 0.0465. The summed E-state index contributed by atoms with van der Waals surface area (Å²) in [5.41, 5.74) is 0. The van der Waals surface area contributed by atoms with Crippen molar-refractivity contribution in [2.45, 2.75) is 26.1 Å². The number of hydrogen-bond donors (Lipinski definition) is 0. The molecule has 0 aromatic carbocycles. The topological polar surface area (TPSA) is 38.8 Å². The number of ether oxygens (including phenoxy) is 2. The van der Waals surface area contributed by atoms with Crippen LogP contribution in [-0.2, 0) is 14.3 Å². The molecule has 1 heterocycles. The van der Waals surface area contributed by atoms with Crippen molar-refractivity contribution in [3.05, 3.63) is 0 Å². The number of rotatable bonds is 4. The van der Waals surface area contributed by atoms with Crippen molar-refractivity contribution in [3.8, 4) is 0 Å². The summed E-state index contributed by atoms with van der Waals surface area (Å²) in [5, 5.41) is 0. The Bertz CT molecular complexity index is 194. The SMILES string of the molecule is CC(C)OCC(=O)C1CN(C)CCO1. The minimum Gasteiger partial charge on any atom is -0.371 e. The lowest BCUT2D eigenvalue weighted by atomic mass is 10.2. The molecule has 0 aliphatic carbocycles. The summed E-state index contributed by atoms with van der Waals surface area (Å²) in [7, 11) is 1.99. The first-order valence-corrected chi connectivity index (χ1v) is 5.04. The Labute approximate surface area is 85.2 Å². The van der Waals surface area contributed by atoms with Crippen molar-refractivity contribution in [3.63, 3.8) is 0 Å². The van der Waals surface area contributed by atoms with Crippen molar-refractivity contribution < 1.29 is 14.3 Å². The van der Waals surface area contributed by atoms with Crippen LogP contribution in [0.15, 0.2) is 0 Å². The molecular weight excluding hydrogens is 182 g/mol. The van der Waals surface area contributed by atoms with E-state index in [0.717, 1.165) is 6.54 Å². The highest BCUT2D eigenvalue weighted by molar-refractivity contribution is 5.84. The van der Waals surface area contributed by atoms with E-state index in [1.807, 2.05) is 20.9 Å². The molecule has 0 radical (unpaired) electrons. The van der Waals surface area contributed by atoms with Gasteiger partial charge >= 0.3 is 0 Å². The highest BCUT2D eigenvalue weighted by Gasteiger charge is 2.24. The van der Waals surface area contributed by atoms with Gasteiger partial charge in [-0.2, -0.15) is 0 Å². The lowest BCUT2D eigenvalue weighted by Crippen LogP contribution is -2.45. The molecule has 1 rings (SSSR count). The first-order chi connectivity index (χ1) is 6.59. The van der Waals surface area contributed by atoms with E-state index < -0.39 is 0 Å². The average Bonchev–Trinajstić information content (AvgIpc) is 2.14. The van der Waals surface area contributed by atoms with Gasteiger partial charge < -0.3 is 14.4 Å². The molecule has 0 bridgehead atoms. The molecule has 4 heteroatoms. The Kier molecular flexibility index (Phi) is 4.51. The van der Waals surface area contributed by atoms with E-state index >= 15 is 0 Å². The zero-order valence-electron chi connectivity index (χ0n) is 9.16. The van der Waals surface area contributed by atoms with Gasteiger partial charge in [-0.15, -0.1) is 0 Å². The number of Topliss-reactive ketones (excluding diaryl/α,β-unsaturated/α-hetero) is 1. The normalized spacial score (nSPS) is 24.1. The third kappa shape index (κ3) is 3.74. The molecule has 1 unspecified atom stereocenters. The fraction of sp³-hybridized carbons (Fsp3) is 0.900. The van der Waals surface area contributed by atoms with E-state index in [1.165, 1.54) is 0 Å². The number of ketones is 1. The molecule has 1 aliphatic rings. The highest BCUT2D eigenvalue weighted by Crippen LogP contribution is 2.04. The lowest BCUT2D eigenvalue weighted by Gasteiger charge is -2.29. The Morgan fingerprint density at radius 3 is 2.93 bits per heavy atom. The van der Waals surface area contributed by atoms with Crippen LogP contribution in [0.2, 0.25) is 0 Å². The minimum atomic E-state index is -0.299. The number of carbonyl (C=O) groups excluding carboxylic acids is 1. The predicted octanol–water partition coefficient (Wildman–Crippen LogP) is 0.311. The van der Waals surface area contributed by atoms with E-state index in [4.69, 9.17) is 9.47 Å². The Balaban J connectivity index is 2.29. The third-order valence-electron chi connectivity index (χ3n) is 2.19. The van der Waals surface area contributed by atoms with Crippen LogP contribution < -0.4 is 0 Å². The van der Waals surface area contributed by atoms with Gasteiger partial charge in [0.1, 0.15) is 12.7 Å². The fourth-order valence-corrected chi connectivity index (χ4v) is 1.31. The second-order valence-corrected chi connectivity index (χ2v) is 3.95. The van der Waals surface area contributed by atoms with Crippen LogP contribution in [0, 0.1) is 0 Å². The van der Waals surface area contributed by atoms with Gasteiger partial charge in [0, 0.05) is 13.1 Å². The third-order valence-corrected chi connectivity index (χ3v) is 2.19. The number of carbonyl (C=O) groups is 1. The summed E-state index contributed by atoms with van der Waals surface area (Å²) < 4.78 is 10.6. The number of hydrogen-bond acceptors (Lipinski definition) is 4. The molecular formula is C10H19NO3. The summed E-state index contributed by atoms with van der Waals surface area (Å²) in [6.45, 7) is 6.21. The summed E-state index contributed by atoms with van der Waals surface area (Å²) in [5.74, 6) is 0.0465. The zero-order chi connectivity index (χ0) is 10.6. The Morgan fingerprint density at radius 1 is 1.64 bits per heavy atom. The van der Waals surface area contributed by atoms with Gasteiger partial charge in [0.05, 0.1) is 12.7 Å². The highest BCUT2D eigenvalue weighted by atomic mass is 16.5. The lowest BCUT2D eigenvalue weighted by molar-refractivity contribution is -0.141. The van der Waals surface area contributed by atoms with Crippen LogP contribution in [0.3, 0.4) is 0 Å². The van der Waals surface area contributed by atoms with Crippen LogP contribution >= 0.6 is 0 Å². The van der Waals surface area contributed by atoms with Crippen molar-refractivity contribution in [1.82, 2.24) is 4.90 Å². The van der Waals surface area contributed by atoms with E-state index in [-0.39, 0.29) is 24.6 Å². The first-order valence-electron chi connectivity index (χ1n) is 5.04. The van der Waals surface area contributed by atoms with Crippen molar-refractivity contribution >= 4 is 5.78 Å². The van der Waals surface area contributed by atoms with Crippen molar-refractivity contribution in [2.24, 2.45) is 0 Å². The van der Waals surface area contributed by atoms with Gasteiger partial charge in [-0.3, -0.25) is 4.79 Å². The van der Waals surface area contributed by atoms with Gasteiger partial charge in [-0.25, -0.2) is 0 Å². The molecule has 1 fully saturated rings. The summed E-state index contributed by atoms with van der Waals surface area (Å²) >= 11 is 0. The van der Waals surface area contributed by atoms with Crippen LogP contribution in [0.4, 0.5) is 0 Å². The maximum Gasteiger partial charge on any atom is 0.188 e. The van der Waals surface area contributed by atoms with E-state index in [0.29, 0.717) is 13.2 Å². The molecule has 0 N–H and O–H groups in total. The van der Waals surface area contributed by atoms with E-state index in [9.17, 15) is 4.79 Å².